The Hall–Kier alpha value is -2.12. The first-order chi connectivity index (χ1) is 12.8. The number of para-hydroxylation sites is 2. The van der Waals surface area contributed by atoms with Gasteiger partial charge in [-0.3, -0.25) is 0 Å². The van der Waals surface area contributed by atoms with Crippen molar-refractivity contribution >= 4 is 38.3 Å². The monoisotopic (exact) mass is 404 g/mol. The second kappa shape index (κ2) is 6.80. The van der Waals surface area contributed by atoms with Crippen LogP contribution in [0.2, 0.25) is 5.02 Å². The predicted molar refractivity (Wildman–Crippen MR) is 109 cm³/mol. The fourth-order valence-electron chi connectivity index (χ4n) is 3.67. The van der Waals surface area contributed by atoms with Crippen molar-refractivity contribution in [1.82, 2.24) is 14.5 Å². The summed E-state index contributed by atoms with van der Waals surface area (Å²) in [6.45, 7) is 1.32. The van der Waals surface area contributed by atoms with Crippen LogP contribution in [0.5, 0.6) is 0 Å². The van der Waals surface area contributed by atoms with Crippen LogP contribution in [-0.2, 0) is 16.9 Å². The Bertz CT molecular complexity index is 1100. The number of hydrogen-bond acceptors (Lipinski definition) is 5. The summed E-state index contributed by atoms with van der Waals surface area (Å²) in [5.41, 5.74) is 2.78. The molecule has 8 heteroatoms. The largest absolute Gasteiger partial charge is 0.357 e. The van der Waals surface area contributed by atoms with Gasteiger partial charge in [-0.25, -0.2) is 18.4 Å². The molecule has 3 aromatic rings. The van der Waals surface area contributed by atoms with Crippen LogP contribution in [0.25, 0.3) is 22.4 Å². The van der Waals surface area contributed by atoms with Crippen LogP contribution < -0.4 is 4.90 Å². The summed E-state index contributed by atoms with van der Waals surface area (Å²) in [6, 6.07) is 9.90. The smallest absolute Gasteiger partial charge is 0.150 e. The van der Waals surface area contributed by atoms with Gasteiger partial charge in [0, 0.05) is 38.2 Å². The maximum absolute atomic E-state index is 11.8. The van der Waals surface area contributed by atoms with Crippen LogP contribution in [0.1, 0.15) is 12.8 Å². The van der Waals surface area contributed by atoms with E-state index in [1.54, 1.807) is 6.20 Å². The first-order valence-corrected chi connectivity index (χ1v) is 11.2. The Morgan fingerprint density at radius 3 is 2.56 bits per heavy atom. The van der Waals surface area contributed by atoms with Crippen LogP contribution in [0.3, 0.4) is 0 Å². The van der Waals surface area contributed by atoms with Gasteiger partial charge in [-0.15, -0.1) is 0 Å². The topological polar surface area (TPSA) is 68.1 Å². The zero-order valence-corrected chi connectivity index (χ0v) is 16.8. The fourth-order valence-corrected chi connectivity index (χ4v) is 4.93. The molecule has 1 aromatic carbocycles. The lowest BCUT2D eigenvalue weighted by Gasteiger charge is -2.32. The van der Waals surface area contributed by atoms with Crippen molar-refractivity contribution in [2.24, 2.45) is 7.05 Å². The molecule has 4 rings (SSSR count). The van der Waals surface area contributed by atoms with Crippen molar-refractivity contribution in [3.63, 3.8) is 0 Å². The van der Waals surface area contributed by atoms with E-state index in [9.17, 15) is 8.42 Å². The number of aromatic nitrogens is 3. The highest BCUT2D eigenvalue weighted by molar-refractivity contribution is 7.91. The summed E-state index contributed by atoms with van der Waals surface area (Å²) < 4.78 is 25.6. The summed E-state index contributed by atoms with van der Waals surface area (Å²) in [7, 11) is -1.02. The number of halogens is 1. The minimum absolute atomic E-state index is 0.264. The van der Waals surface area contributed by atoms with E-state index < -0.39 is 9.84 Å². The minimum Gasteiger partial charge on any atom is -0.357 e. The number of imidazole rings is 1. The molecule has 1 aliphatic rings. The van der Waals surface area contributed by atoms with Crippen LogP contribution in [0.15, 0.2) is 36.5 Å². The molecule has 6 nitrogen and oxygen atoms in total. The Morgan fingerprint density at radius 2 is 1.89 bits per heavy atom. The van der Waals surface area contributed by atoms with Gasteiger partial charge in [-0.2, -0.15) is 0 Å². The van der Waals surface area contributed by atoms with Gasteiger partial charge in [0.1, 0.15) is 21.5 Å². The molecule has 1 aliphatic heterocycles. The third kappa shape index (κ3) is 3.41. The number of benzene rings is 1. The van der Waals surface area contributed by atoms with Crippen molar-refractivity contribution in [2.45, 2.75) is 18.1 Å². The molecule has 0 atom stereocenters. The Labute approximate surface area is 163 Å². The number of nitrogens with zero attached hydrogens (tertiary/aromatic N) is 4. The third-order valence-corrected chi connectivity index (χ3v) is 7.22. The van der Waals surface area contributed by atoms with E-state index in [0.29, 0.717) is 31.0 Å². The molecule has 0 spiro atoms. The van der Waals surface area contributed by atoms with Gasteiger partial charge in [0.2, 0.25) is 0 Å². The standard InChI is InChI=1S/C19H21ClN4O2S/c1-23-17-6-4-3-5-16(17)22-19(23)14-11-18(21-12-15(14)20)24-9-7-13(8-10-24)27(2,25)26/h3-6,11-13H,7-10H2,1-2H3. The molecule has 1 saturated heterocycles. The summed E-state index contributed by atoms with van der Waals surface area (Å²) >= 11 is 6.44. The second-order valence-corrected chi connectivity index (χ2v) is 9.75. The van der Waals surface area contributed by atoms with Crippen molar-refractivity contribution in [3.8, 4) is 11.4 Å². The van der Waals surface area contributed by atoms with Crippen molar-refractivity contribution in [2.75, 3.05) is 24.2 Å². The number of pyridine rings is 1. The van der Waals surface area contributed by atoms with Crippen LogP contribution in [-0.4, -0.2) is 47.5 Å². The Balaban J connectivity index is 1.67. The van der Waals surface area contributed by atoms with Gasteiger partial charge in [0.15, 0.2) is 0 Å². The number of aryl methyl sites for hydroxylation is 1. The molecule has 0 aliphatic carbocycles. The lowest BCUT2D eigenvalue weighted by atomic mass is 10.1. The molecule has 2 aromatic heterocycles. The average molecular weight is 405 g/mol. The SMILES string of the molecule is Cn1c(-c2cc(N3CCC(S(C)(=O)=O)CC3)ncc2Cl)nc2ccccc21. The van der Waals surface area contributed by atoms with E-state index in [4.69, 9.17) is 16.6 Å². The number of sulfone groups is 1. The number of fused-ring (bicyclic) bond motifs is 1. The molecular formula is C19H21ClN4O2S. The lowest BCUT2D eigenvalue weighted by Crippen LogP contribution is -2.39. The third-order valence-electron chi connectivity index (χ3n) is 5.24. The molecule has 0 bridgehead atoms. The summed E-state index contributed by atoms with van der Waals surface area (Å²) in [4.78, 5) is 11.3. The van der Waals surface area contributed by atoms with Gasteiger partial charge in [0.05, 0.1) is 21.3 Å². The van der Waals surface area contributed by atoms with Crippen molar-refractivity contribution in [1.29, 1.82) is 0 Å². The molecule has 3 heterocycles. The van der Waals surface area contributed by atoms with E-state index in [-0.39, 0.29) is 5.25 Å². The first-order valence-electron chi connectivity index (χ1n) is 8.86. The summed E-state index contributed by atoms with van der Waals surface area (Å²) in [6.07, 6.45) is 4.20. The van der Waals surface area contributed by atoms with Crippen molar-refractivity contribution in [3.05, 3.63) is 41.6 Å². The zero-order valence-electron chi connectivity index (χ0n) is 15.3. The Morgan fingerprint density at radius 1 is 1.19 bits per heavy atom. The van der Waals surface area contributed by atoms with E-state index >= 15 is 0 Å². The van der Waals surface area contributed by atoms with Gasteiger partial charge in [-0.1, -0.05) is 23.7 Å². The fraction of sp³-hybridized carbons (Fsp3) is 0.368. The van der Waals surface area contributed by atoms with Crippen LogP contribution in [0, 0.1) is 0 Å². The molecule has 0 N–H and O–H groups in total. The van der Waals surface area contributed by atoms with Gasteiger partial charge >= 0.3 is 0 Å². The van der Waals surface area contributed by atoms with E-state index in [2.05, 4.69) is 9.88 Å². The highest BCUT2D eigenvalue weighted by Gasteiger charge is 2.27. The molecule has 142 valence electrons. The maximum atomic E-state index is 11.8. The summed E-state index contributed by atoms with van der Waals surface area (Å²) in [5, 5.41) is 0.281. The number of piperidine rings is 1. The maximum Gasteiger partial charge on any atom is 0.150 e. The van der Waals surface area contributed by atoms with Crippen molar-refractivity contribution < 1.29 is 8.42 Å². The van der Waals surface area contributed by atoms with Gasteiger partial charge in [0.25, 0.3) is 0 Å². The predicted octanol–water partition coefficient (Wildman–Crippen LogP) is 3.30. The number of rotatable bonds is 3. The summed E-state index contributed by atoms with van der Waals surface area (Å²) in [5.74, 6) is 1.59. The average Bonchev–Trinajstić information content (AvgIpc) is 2.98. The lowest BCUT2D eigenvalue weighted by molar-refractivity contribution is 0.532. The second-order valence-electron chi connectivity index (χ2n) is 7.02. The number of anilines is 1. The number of hydrogen-bond donors (Lipinski definition) is 0. The Kier molecular flexibility index (Phi) is 4.60. The highest BCUT2D eigenvalue weighted by atomic mass is 35.5. The molecule has 0 saturated carbocycles. The minimum atomic E-state index is -2.99. The normalized spacial score (nSPS) is 16.2. The zero-order chi connectivity index (χ0) is 19.2. The highest BCUT2D eigenvalue weighted by Crippen LogP contribution is 2.32. The molecule has 27 heavy (non-hydrogen) atoms. The van der Waals surface area contributed by atoms with E-state index in [1.807, 2.05) is 41.9 Å². The molecule has 1 fully saturated rings. The molecule has 0 amide bonds. The quantitative estimate of drug-likeness (QED) is 0.670. The van der Waals surface area contributed by atoms with Crippen LogP contribution >= 0.6 is 11.6 Å². The van der Waals surface area contributed by atoms with Crippen LogP contribution in [0.4, 0.5) is 5.82 Å². The van der Waals surface area contributed by atoms with E-state index in [0.717, 1.165) is 28.2 Å². The van der Waals surface area contributed by atoms with E-state index in [1.165, 1.54) is 6.26 Å². The molecule has 0 radical (unpaired) electrons. The molecular weight excluding hydrogens is 384 g/mol. The first kappa shape index (κ1) is 18.3. The van der Waals surface area contributed by atoms with Gasteiger partial charge in [-0.05, 0) is 31.0 Å². The van der Waals surface area contributed by atoms with Gasteiger partial charge < -0.3 is 9.47 Å². The molecule has 0 unspecified atom stereocenters.